The van der Waals surface area contributed by atoms with Gasteiger partial charge in [-0.25, -0.2) is 4.98 Å². The van der Waals surface area contributed by atoms with Gasteiger partial charge >= 0.3 is 0 Å². The minimum atomic E-state index is 0.595. The molecule has 20 heavy (non-hydrogen) atoms. The van der Waals surface area contributed by atoms with Crippen molar-refractivity contribution in [3.8, 4) is 11.5 Å². The largest absolute Gasteiger partial charge is 0.493 e. The highest BCUT2D eigenvalue weighted by atomic mass is 32.1. The van der Waals surface area contributed by atoms with Crippen LogP contribution in [0.1, 0.15) is 16.1 Å². The molecule has 0 aliphatic carbocycles. The topological polar surface area (TPSA) is 57.4 Å². The highest BCUT2D eigenvalue weighted by Crippen LogP contribution is 2.31. The normalized spacial score (nSPS) is 10.6. The van der Waals surface area contributed by atoms with Crippen molar-refractivity contribution >= 4 is 11.3 Å². The Balaban J connectivity index is 2.05. The standard InChI is InChI=1S/C15H20N2O2S/c1-11-14(20-10-17-11)7-9-19-15-12(6-8-16)4-3-5-13(15)18-2/h3-5,10H,6-9,16H2,1-2H3. The van der Waals surface area contributed by atoms with Crippen LogP contribution in [-0.4, -0.2) is 25.2 Å². The van der Waals surface area contributed by atoms with Crippen LogP contribution < -0.4 is 15.2 Å². The third kappa shape index (κ3) is 3.49. The van der Waals surface area contributed by atoms with E-state index in [2.05, 4.69) is 4.98 Å². The number of methoxy groups -OCH3 is 1. The number of rotatable bonds is 7. The quantitative estimate of drug-likeness (QED) is 0.852. The molecule has 2 rings (SSSR count). The molecule has 5 heteroatoms. The lowest BCUT2D eigenvalue weighted by Gasteiger charge is -2.14. The van der Waals surface area contributed by atoms with Crippen LogP contribution in [0, 0.1) is 6.92 Å². The maximum absolute atomic E-state index is 5.94. The summed E-state index contributed by atoms with van der Waals surface area (Å²) in [6.07, 6.45) is 1.64. The molecule has 0 bridgehead atoms. The molecule has 2 N–H and O–H groups in total. The molecule has 0 amide bonds. The molecule has 0 radical (unpaired) electrons. The first-order valence-corrected chi connectivity index (χ1v) is 7.52. The summed E-state index contributed by atoms with van der Waals surface area (Å²) < 4.78 is 11.3. The minimum Gasteiger partial charge on any atom is -0.493 e. The molecule has 0 aliphatic rings. The molecule has 1 aromatic carbocycles. The molecule has 108 valence electrons. The molecular formula is C15H20N2O2S. The van der Waals surface area contributed by atoms with Crippen LogP contribution in [0.3, 0.4) is 0 Å². The van der Waals surface area contributed by atoms with Gasteiger partial charge in [-0.1, -0.05) is 12.1 Å². The summed E-state index contributed by atoms with van der Waals surface area (Å²) in [5, 5.41) is 0. The summed E-state index contributed by atoms with van der Waals surface area (Å²) >= 11 is 1.67. The van der Waals surface area contributed by atoms with E-state index < -0.39 is 0 Å². The van der Waals surface area contributed by atoms with Crippen molar-refractivity contribution < 1.29 is 9.47 Å². The number of nitrogens with zero attached hydrogens (tertiary/aromatic N) is 1. The van der Waals surface area contributed by atoms with E-state index in [0.717, 1.165) is 35.6 Å². The molecule has 0 saturated carbocycles. The minimum absolute atomic E-state index is 0.595. The van der Waals surface area contributed by atoms with Crippen LogP contribution in [0.25, 0.3) is 0 Å². The van der Waals surface area contributed by atoms with Crippen molar-refractivity contribution in [1.29, 1.82) is 0 Å². The summed E-state index contributed by atoms with van der Waals surface area (Å²) in [5.74, 6) is 1.57. The molecular weight excluding hydrogens is 272 g/mol. The van der Waals surface area contributed by atoms with Crippen LogP contribution >= 0.6 is 11.3 Å². The molecule has 0 saturated heterocycles. The molecule has 0 atom stereocenters. The number of hydrogen-bond acceptors (Lipinski definition) is 5. The lowest BCUT2D eigenvalue weighted by molar-refractivity contribution is 0.295. The van der Waals surface area contributed by atoms with Crippen molar-refractivity contribution in [2.24, 2.45) is 5.73 Å². The number of nitrogens with two attached hydrogens (primary N) is 1. The predicted molar refractivity (Wildman–Crippen MR) is 81.8 cm³/mol. The fourth-order valence-electron chi connectivity index (χ4n) is 2.05. The second-order valence-corrected chi connectivity index (χ2v) is 5.39. The Hall–Kier alpha value is -1.59. The third-order valence-electron chi connectivity index (χ3n) is 3.11. The van der Waals surface area contributed by atoms with Crippen molar-refractivity contribution in [2.75, 3.05) is 20.3 Å². The summed E-state index contributed by atoms with van der Waals surface area (Å²) in [5.41, 5.74) is 9.69. The van der Waals surface area contributed by atoms with Crippen LogP contribution in [-0.2, 0) is 12.8 Å². The van der Waals surface area contributed by atoms with E-state index in [0.29, 0.717) is 13.2 Å². The van der Waals surface area contributed by atoms with Crippen LogP contribution in [0.4, 0.5) is 0 Å². The van der Waals surface area contributed by atoms with Gasteiger partial charge < -0.3 is 15.2 Å². The number of benzene rings is 1. The maximum Gasteiger partial charge on any atom is 0.164 e. The van der Waals surface area contributed by atoms with E-state index in [1.54, 1.807) is 18.4 Å². The number of para-hydroxylation sites is 1. The number of aryl methyl sites for hydroxylation is 1. The predicted octanol–water partition coefficient (Wildman–Crippen LogP) is 2.58. The highest BCUT2D eigenvalue weighted by molar-refractivity contribution is 7.09. The highest BCUT2D eigenvalue weighted by Gasteiger charge is 2.10. The zero-order valence-corrected chi connectivity index (χ0v) is 12.7. The van der Waals surface area contributed by atoms with Crippen molar-refractivity contribution in [3.05, 3.63) is 39.8 Å². The van der Waals surface area contributed by atoms with Gasteiger partial charge in [0.25, 0.3) is 0 Å². The molecule has 1 heterocycles. The van der Waals surface area contributed by atoms with Gasteiger partial charge in [-0.15, -0.1) is 11.3 Å². The van der Waals surface area contributed by atoms with E-state index in [-0.39, 0.29) is 0 Å². The Morgan fingerprint density at radius 2 is 2.15 bits per heavy atom. The molecule has 1 aromatic heterocycles. The van der Waals surface area contributed by atoms with Crippen molar-refractivity contribution in [3.63, 3.8) is 0 Å². The zero-order valence-electron chi connectivity index (χ0n) is 11.9. The average molecular weight is 292 g/mol. The third-order valence-corrected chi connectivity index (χ3v) is 4.11. The Bertz CT molecular complexity index is 555. The molecule has 0 aliphatic heterocycles. The number of thiazole rings is 1. The Labute approximate surface area is 123 Å². The van der Waals surface area contributed by atoms with Gasteiger partial charge in [-0.2, -0.15) is 0 Å². The monoisotopic (exact) mass is 292 g/mol. The Morgan fingerprint density at radius 1 is 1.30 bits per heavy atom. The van der Waals surface area contributed by atoms with E-state index in [1.807, 2.05) is 30.6 Å². The van der Waals surface area contributed by atoms with Crippen LogP contribution in [0.15, 0.2) is 23.7 Å². The van der Waals surface area contributed by atoms with E-state index in [9.17, 15) is 0 Å². The summed E-state index contributed by atoms with van der Waals surface area (Å²) in [6, 6.07) is 5.90. The molecule has 2 aromatic rings. The summed E-state index contributed by atoms with van der Waals surface area (Å²) in [6.45, 7) is 3.23. The molecule has 0 unspecified atom stereocenters. The van der Waals surface area contributed by atoms with Crippen LogP contribution in [0.5, 0.6) is 11.5 Å². The fraction of sp³-hybridized carbons (Fsp3) is 0.400. The van der Waals surface area contributed by atoms with Gasteiger partial charge in [-0.05, 0) is 31.5 Å². The van der Waals surface area contributed by atoms with Gasteiger partial charge in [0.2, 0.25) is 0 Å². The lowest BCUT2D eigenvalue weighted by atomic mass is 10.1. The average Bonchev–Trinajstić information content (AvgIpc) is 2.86. The van der Waals surface area contributed by atoms with E-state index in [1.165, 1.54) is 4.88 Å². The zero-order chi connectivity index (χ0) is 14.4. The first kappa shape index (κ1) is 14.8. The van der Waals surface area contributed by atoms with Gasteiger partial charge in [0.15, 0.2) is 11.5 Å². The number of ether oxygens (including phenoxy) is 2. The van der Waals surface area contributed by atoms with Gasteiger partial charge in [0, 0.05) is 11.3 Å². The summed E-state index contributed by atoms with van der Waals surface area (Å²) in [7, 11) is 1.65. The van der Waals surface area contributed by atoms with E-state index in [4.69, 9.17) is 15.2 Å². The molecule has 0 fully saturated rings. The second-order valence-electron chi connectivity index (χ2n) is 4.45. The number of aromatic nitrogens is 1. The van der Waals surface area contributed by atoms with Crippen molar-refractivity contribution in [2.45, 2.75) is 19.8 Å². The maximum atomic E-state index is 5.94. The van der Waals surface area contributed by atoms with E-state index >= 15 is 0 Å². The Kier molecular flexibility index (Phi) is 5.38. The molecule has 4 nitrogen and oxygen atoms in total. The number of hydrogen-bond donors (Lipinski definition) is 1. The lowest BCUT2D eigenvalue weighted by Crippen LogP contribution is -2.08. The smallest absolute Gasteiger partial charge is 0.164 e. The van der Waals surface area contributed by atoms with Gasteiger partial charge in [-0.3, -0.25) is 0 Å². The fourth-order valence-corrected chi connectivity index (χ4v) is 2.81. The SMILES string of the molecule is COc1cccc(CCN)c1OCCc1scnc1C. The van der Waals surface area contributed by atoms with Crippen LogP contribution in [0.2, 0.25) is 0 Å². The Morgan fingerprint density at radius 3 is 2.80 bits per heavy atom. The summed E-state index contributed by atoms with van der Waals surface area (Å²) in [4.78, 5) is 5.51. The van der Waals surface area contributed by atoms with Gasteiger partial charge in [0.1, 0.15) is 0 Å². The second kappa shape index (κ2) is 7.26. The van der Waals surface area contributed by atoms with Gasteiger partial charge in [0.05, 0.1) is 24.9 Å². The first-order chi connectivity index (χ1) is 9.76. The van der Waals surface area contributed by atoms with Crippen molar-refractivity contribution in [1.82, 2.24) is 4.98 Å². The molecule has 0 spiro atoms. The first-order valence-electron chi connectivity index (χ1n) is 6.64.